The highest BCUT2D eigenvalue weighted by molar-refractivity contribution is 7.92. The van der Waals surface area contributed by atoms with Gasteiger partial charge in [-0.05, 0) is 42.3 Å². The Hall–Kier alpha value is -2.19. The predicted octanol–water partition coefficient (Wildman–Crippen LogP) is 3.30. The number of halogens is 3. The van der Waals surface area contributed by atoms with Gasteiger partial charge in [0.2, 0.25) is 5.91 Å². The molecule has 1 aliphatic rings. The number of anilines is 2. The van der Waals surface area contributed by atoms with Crippen molar-refractivity contribution in [2.24, 2.45) is 0 Å². The maximum Gasteiger partial charge on any atom is 0.264 e. The first-order valence-corrected chi connectivity index (χ1v) is 8.72. The Bertz CT molecular complexity index is 928. The fourth-order valence-corrected chi connectivity index (χ4v) is 3.78. The highest BCUT2D eigenvalue weighted by Crippen LogP contribution is 2.29. The number of hydrogen-bond acceptors (Lipinski definition) is 3. The third-order valence-corrected chi connectivity index (χ3v) is 5.07. The molecule has 2 aromatic carbocycles. The van der Waals surface area contributed by atoms with Gasteiger partial charge in [-0.2, -0.15) is 0 Å². The number of aryl methyl sites for hydroxylation is 1. The number of carbonyl (C=O) groups excluding carboxylic acids is 1. The van der Waals surface area contributed by atoms with Gasteiger partial charge in [-0.25, -0.2) is 17.2 Å². The molecule has 0 unspecified atom stereocenters. The van der Waals surface area contributed by atoms with Crippen molar-refractivity contribution in [3.8, 4) is 0 Å². The molecule has 0 atom stereocenters. The molecule has 0 spiro atoms. The summed E-state index contributed by atoms with van der Waals surface area (Å²) in [6, 6.07) is 5.27. The van der Waals surface area contributed by atoms with E-state index in [1.807, 2.05) is 0 Å². The van der Waals surface area contributed by atoms with Crippen molar-refractivity contribution in [1.29, 1.82) is 0 Å². The summed E-state index contributed by atoms with van der Waals surface area (Å²) in [5.74, 6) is -2.01. The molecular formula is C15H11ClF2N2O3S. The van der Waals surface area contributed by atoms with Crippen LogP contribution in [0.4, 0.5) is 20.2 Å². The molecule has 3 rings (SSSR count). The summed E-state index contributed by atoms with van der Waals surface area (Å²) < 4.78 is 54.4. The SMILES string of the molecule is O=C1CCc2cc(S(=O)(=O)Nc3cc(F)cc(Cl)c3)c(F)cc2N1. The second-order valence-corrected chi connectivity index (χ2v) is 7.34. The van der Waals surface area contributed by atoms with E-state index in [0.29, 0.717) is 12.0 Å². The van der Waals surface area contributed by atoms with E-state index in [1.165, 1.54) is 6.07 Å². The molecule has 1 heterocycles. The molecule has 0 fully saturated rings. The molecule has 126 valence electrons. The minimum atomic E-state index is -4.29. The minimum Gasteiger partial charge on any atom is -0.326 e. The summed E-state index contributed by atoms with van der Waals surface area (Å²) in [4.78, 5) is 10.7. The van der Waals surface area contributed by atoms with Crippen LogP contribution in [0.15, 0.2) is 35.2 Å². The van der Waals surface area contributed by atoms with Crippen molar-refractivity contribution in [2.45, 2.75) is 17.7 Å². The van der Waals surface area contributed by atoms with E-state index in [0.717, 1.165) is 24.3 Å². The molecule has 2 aromatic rings. The molecule has 0 aromatic heterocycles. The van der Waals surface area contributed by atoms with Crippen molar-refractivity contribution in [3.05, 3.63) is 52.6 Å². The van der Waals surface area contributed by atoms with Gasteiger partial charge in [0, 0.05) is 17.1 Å². The number of hydrogen-bond donors (Lipinski definition) is 2. The van der Waals surface area contributed by atoms with Crippen molar-refractivity contribution in [1.82, 2.24) is 0 Å². The number of carbonyl (C=O) groups is 1. The van der Waals surface area contributed by atoms with Gasteiger partial charge in [-0.1, -0.05) is 11.6 Å². The zero-order valence-electron chi connectivity index (χ0n) is 12.1. The van der Waals surface area contributed by atoms with Crippen LogP contribution in [0.1, 0.15) is 12.0 Å². The van der Waals surface area contributed by atoms with E-state index >= 15 is 0 Å². The van der Waals surface area contributed by atoms with Crippen LogP contribution in [0.5, 0.6) is 0 Å². The van der Waals surface area contributed by atoms with Gasteiger partial charge >= 0.3 is 0 Å². The molecule has 0 radical (unpaired) electrons. The number of fused-ring (bicyclic) bond motifs is 1. The summed E-state index contributed by atoms with van der Waals surface area (Å²) in [7, 11) is -4.29. The average Bonchev–Trinajstić information content (AvgIpc) is 2.44. The van der Waals surface area contributed by atoms with Crippen LogP contribution < -0.4 is 10.0 Å². The molecule has 2 N–H and O–H groups in total. The Morgan fingerprint density at radius 1 is 1.08 bits per heavy atom. The van der Waals surface area contributed by atoms with Gasteiger partial charge in [0.05, 0.1) is 5.69 Å². The monoisotopic (exact) mass is 372 g/mol. The van der Waals surface area contributed by atoms with Crippen LogP contribution in [0.25, 0.3) is 0 Å². The smallest absolute Gasteiger partial charge is 0.264 e. The van der Waals surface area contributed by atoms with Crippen LogP contribution in [0.2, 0.25) is 5.02 Å². The van der Waals surface area contributed by atoms with Crippen molar-refractivity contribution in [2.75, 3.05) is 10.0 Å². The molecule has 0 bridgehead atoms. The van der Waals surface area contributed by atoms with E-state index in [1.54, 1.807) is 0 Å². The highest BCUT2D eigenvalue weighted by Gasteiger charge is 2.24. The number of benzene rings is 2. The maximum absolute atomic E-state index is 14.2. The second kappa shape index (κ2) is 6.03. The standard InChI is InChI=1S/C15H11ClF2N2O3S/c16-9-4-10(17)6-11(5-9)20-24(22,23)14-3-8-1-2-15(21)19-13(8)7-12(14)18/h3-7,20H,1-2H2,(H,19,21). The lowest BCUT2D eigenvalue weighted by Gasteiger charge is -2.18. The summed E-state index contributed by atoms with van der Waals surface area (Å²) in [6.07, 6.45) is 0.487. The second-order valence-electron chi connectivity index (χ2n) is 5.25. The van der Waals surface area contributed by atoms with Gasteiger partial charge < -0.3 is 5.32 Å². The van der Waals surface area contributed by atoms with Crippen molar-refractivity contribution < 1.29 is 22.0 Å². The highest BCUT2D eigenvalue weighted by atomic mass is 35.5. The summed E-state index contributed by atoms with van der Waals surface area (Å²) in [5.41, 5.74) is 0.635. The van der Waals surface area contributed by atoms with Gasteiger partial charge in [0.25, 0.3) is 10.0 Å². The lowest BCUT2D eigenvalue weighted by molar-refractivity contribution is -0.116. The van der Waals surface area contributed by atoms with Crippen molar-refractivity contribution in [3.63, 3.8) is 0 Å². The average molecular weight is 373 g/mol. The zero-order chi connectivity index (χ0) is 17.5. The van der Waals surface area contributed by atoms with E-state index in [4.69, 9.17) is 11.6 Å². The fourth-order valence-electron chi connectivity index (χ4n) is 2.41. The molecule has 0 aliphatic carbocycles. The maximum atomic E-state index is 14.2. The Morgan fingerprint density at radius 3 is 2.54 bits per heavy atom. The fraction of sp³-hybridized carbons (Fsp3) is 0.133. The molecule has 1 aliphatic heterocycles. The van der Waals surface area contributed by atoms with Gasteiger partial charge in [0.1, 0.15) is 16.5 Å². The first kappa shape index (κ1) is 16.7. The Morgan fingerprint density at radius 2 is 1.83 bits per heavy atom. The minimum absolute atomic E-state index is 0.00123. The van der Waals surface area contributed by atoms with Gasteiger partial charge in [-0.3, -0.25) is 9.52 Å². The number of sulfonamides is 1. The topological polar surface area (TPSA) is 75.3 Å². The molecule has 9 heteroatoms. The third-order valence-electron chi connectivity index (χ3n) is 3.46. The van der Waals surface area contributed by atoms with E-state index in [2.05, 4.69) is 10.0 Å². The first-order valence-electron chi connectivity index (χ1n) is 6.86. The van der Waals surface area contributed by atoms with E-state index in [9.17, 15) is 22.0 Å². The predicted molar refractivity (Wildman–Crippen MR) is 85.6 cm³/mol. The molecule has 5 nitrogen and oxygen atoms in total. The molecule has 0 saturated carbocycles. The normalized spacial score (nSPS) is 14.0. The third kappa shape index (κ3) is 3.34. The summed E-state index contributed by atoms with van der Waals surface area (Å²) >= 11 is 5.68. The zero-order valence-corrected chi connectivity index (χ0v) is 13.6. The Labute approximate surface area is 141 Å². The van der Waals surface area contributed by atoms with Crippen molar-refractivity contribution >= 4 is 38.9 Å². The molecule has 1 amide bonds. The number of amides is 1. The van der Waals surface area contributed by atoms with Crippen LogP contribution >= 0.6 is 11.6 Å². The van der Waals surface area contributed by atoms with Crippen LogP contribution in [-0.4, -0.2) is 14.3 Å². The lowest BCUT2D eigenvalue weighted by Crippen LogP contribution is -2.21. The molecule has 0 saturated heterocycles. The van der Waals surface area contributed by atoms with Crippen LogP contribution in [-0.2, 0) is 21.2 Å². The Balaban J connectivity index is 1.99. The van der Waals surface area contributed by atoms with Crippen LogP contribution in [0, 0.1) is 11.6 Å². The summed E-state index contributed by atoms with van der Waals surface area (Å²) in [6.45, 7) is 0. The number of rotatable bonds is 3. The van der Waals surface area contributed by atoms with E-state index in [-0.39, 0.29) is 28.7 Å². The van der Waals surface area contributed by atoms with E-state index < -0.39 is 26.6 Å². The summed E-state index contributed by atoms with van der Waals surface area (Å²) in [5, 5.41) is 2.48. The number of nitrogens with one attached hydrogen (secondary N) is 2. The van der Waals surface area contributed by atoms with Gasteiger partial charge in [-0.15, -0.1) is 0 Å². The van der Waals surface area contributed by atoms with Crippen LogP contribution in [0.3, 0.4) is 0 Å². The molecular weight excluding hydrogens is 362 g/mol. The lowest BCUT2D eigenvalue weighted by atomic mass is 10.0. The Kier molecular flexibility index (Phi) is 4.18. The largest absolute Gasteiger partial charge is 0.326 e. The molecule has 24 heavy (non-hydrogen) atoms. The first-order chi connectivity index (χ1) is 11.2. The quantitative estimate of drug-likeness (QED) is 0.868. The van der Waals surface area contributed by atoms with Gasteiger partial charge in [0.15, 0.2) is 0 Å².